The highest BCUT2D eigenvalue weighted by Crippen LogP contribution is 2.36. The van der Waals surface area contributed by atoms with Gasteiger partial charge in [-0.25, -0.2) is 9.97 Å². The van der Waals surface area contributed by atoms with Gasteiger partial charge in [-0.1, -0.05) is 39.5 Å². The van der Waals surface area contributed by atoms with Crippen molar-refractivity contribution in [1.29, 1.82) is 0 Å². The second-order valence-corrected chi connectivity index (χ2v) is 6.45. The van der Waals surface area contributed by atoms with E-state index < -0.39 is 0 Å². The molecule has 3 heteroatoms. The molecule has 1 aromatic rings. The third-order valence-electron chi connectivity index (χ3n) is 5.00. The molecule has 2 heterocycles. The van der Waals surface area contributed by atoms with Crippen LogP contribution in [0.25, 0.3) is 0 Å². The smallest absolute Gasteiger partial charge is 0.132 e. The van der Waals surface area contributed by atoms with E-state index in [0.717, 1.165) is 31.3 Å². The third-order valence-corrected chi connectivity index (χ3v) is 5.00. The minimum Gasteiger partial charge on any atom is -0.307 e. The highest BCUT2D eigenvalue weighted by molar-refractivity contribution is 5.30. The van der Waals surface area contributed by atoms with E-state index in [-0.39, 0.29) is 0 Å². The van der Waals surface area contributed by atoms with E-state index in [1.165, 1.54) is 55.5 Å². The Morgan fingerprint density at radius 3 is 2.85 bits per heavy atom. The highest BCUT2D eigenvalue weighted by atomic mass is 15.0. The Labute approximate surface area is 122 Å². The third kappa shape index (κ3) is 2.73. The second-order valence-electron chi connectivity index (χ2n) is 6.45. The van der Waals surface area contributed by atoms with E-state index in [1.807, 2.05) is 0 Å². The molecule has 3 nitrogen and oxygen atoms in total. The van der Waals surface area contributed by atoms with Crippen LogP contribution in [0, 0.1) is 5.92 Å². The number of aromatic nitrogens is 2. The van der Waals surface area contributed by atoms with Crippen molar-refractivity contribution in [2.45, 2.75) is 77.8 Å². The van der Waals surface area contributed by atoms with Gasteiger partial charge in [0.05, 0.1) is 5.69 Å². The van der Waals surface area contributed by atoms with Gasteiger partial charge in [-0.15, -0.1) is 0 Å². The van der Waals surface area contributed by atoms with Crippen LogP contribution in [0.4, 0.5) is 0 Å². The van der Waals surface area contributed by atoms with Crippen molar-refractivity contribution in [3.63, 3.8) is 0 Å². The summed E-state index contributed by atoms with van der Waals surface area (Å²) < 4.78 is 0. The van der Waals surface area contributed by atoms with E-state index in [0.29, 0.717) is 5.92 Å². The maximum Gasteiger partial charge on any atom is 0.132 e. The predicted octanol–water partition coefficient (Wildman–Crippen LogP) is 3.72. The molecule has 2 atom stereocenters. The Morgan fingerprint density at radius 2 is 2.05 bits per heavy atom. The summed E-state index contributed by atoms with van der Waals surface area (Å²) in [4.78, 5) is 9.89. The number of hydrogen-bond acceptors (Lipinski definition) is 3. The normalized spacial score (nSPS) is 25.7. The molecule has 1 N–H and O–H groups in total. The van der Waals surface area contributed by atoms with Crippen molar-refractivity contribution < 1.29 is 0 Å². The molecule has 3 rings (SSSR count). The molecular weight excluding hydrogens is 246 g/mol. The zero-order valence-corrected chi connectivity index (χ0v) is 12.9. The van der Waals surface area contributed by atoms with Crippen LogP contribution in [-0.4, -0.2) is 9.97 Å². The van der Waals surface area contributed by atoms with Crippen molar-refractivity contribution >= 4 is 0 Å². The summed E-state index contributed by atoms with van der Waals surface area (Å²) in [5, 5.41) is 3.43. The first kappa shape index (κ1) is 14.0. The Kier molecular flexibility index (Phi) is 4.35. The van der Waals surface area contributed by atoms with Gasteiger partial charge in [0.25, 0.3) is 0 Å². The lowest BCUT2D eigenvalue weighted by atomic mass is 9.79. The zero-order valence-electron chi connectivity index (χ0n) is 12.9. The largest absolute Gasteiger partial charge is 0.307 e. The monoisotopic (exact) mass is 273 g/mol. The highest BCUT2D eigenvalue weighted by Gasteiger charge is 2.26. The molecular formula is C17H27N3. The Bertz CT molecular complexity index is 470. The standard InChI is InChI=1S/C17H27N3/c1-3-6-15-14-10-18-11-16(14)20-17(19-15)13-8-5-7-12(4-2)9-13/h12-13,18H,3-11H2,1-2H3. The van der Waals surface area contributed by atoms with Gasteiger partial charge >= 0.3 is 0 Å². The van der Waals surface area contributed by atoms with Gasteiger partial charge < -0.3 is 5.32 Å². The Morgan fingerprint density at radius 1 is 1.15 bits per heavy atom. The van der Waals surface area contributed by atoms with Gasteiger partial charge in [-0.05, 0) is 25.2 Å². The first-order chi connectivity index (χ1) is 9.81. The van der Waals surface area contributed by atoms with Crippen LogP contribution in [0.15, 0.2) is 0 Å². The lowest BCUT2D eigenvalue weighted by Gasteiger charge is -2.28. The molecule has 20 heavy (non-hydrogen) atoms. The zero-order chi connectivity index (χ0) is 13.9. The summed E-state index contributed by atoms with van der Waals surface area (Å²) in [5.41, 5.74) is 3.98. The van der Waals surface area contributed by atoms with Gasteiger partial charge in [-0.2, -0.15) is 0 Å². The molecule has 110 valence electrons. The van der Waals surface area contributed by atoms with Gasteiger partial charge in [-0.3, -0.25) is 0 Å². The molecule has 1 saturated carbocycles. The van der Waals surface area contributed by atoms with E-state index in [9.17, 15) is 0 Å². The average molecular weight is 273 g/mol. The quantitative estimate of drug-likeness (QED) is 0.908. The topological polar surface area (TPSA) is 37.8 Å². The van der Waals surface area contributed by atoms with Crippen molar-refractivity contribution in [2.75, 3.05) is 0 Å². The predicted molar refractivity (Wildman–Crippen MR) is 81.6 cm³/mol. The van der Waals surface area contributed by atoms with Crippen LogP contribution in [0.5, 0.6) is 0 Å². The first-order valence-electron chi connectivity index (χ1n) is 8.41. The molecule has 0 amide bonds. The molecule has 2 unspecified atom stereocenters. The van der Waals surface area contributed by atoms with Crippen molar-refractivity contribution in [3.8, 4) is 0 Å². The molecule has 0 spiro atoms. The summed E-state index contributed by atoms with van der Waals surface area (Å²) in [7, 11) is 0. The fourth-order valence-corrected chi connectivity index (χ4v) is 3.78. The van der Waals surface area contributed by atoms with Crippen molar-refractivity contribution in [3.05, 3.63) is 22.8 Å². The molecule has 1 aromatic heterocycles. The van der Waals surface area contributed by atoms with Gasteiger partial charge in [0.1, 0.15) is 5.82 Å². The van der Waals surface area contributed by atoms with Gasteiger partial charge in [0.15, 0.2) is 0 Å². The van der Waals surface area contributed by atoms with E-state index in [1.54, 1.807) is 0 Å². The van der Waals surface area contributed by atoms with Crippen LogP contribution >= 0.6 is 0 Å². The fourth-order valence-electron chi connectivity index (χ4n) is 3.78. The lowest BCUT2D eigenvalue weighted by Crippen LogP contribution is -2.17. The minimum atomic E-state index is 0.607. The molecule has 0 saturated heterocycles. The first-order valence-corrected chi connectivity index (χ1v) is 8.41. The SMILES string of the molecule is CCCc1nc(C2CCCC(CC)C2)nc2c1CNC2. The van der Waals surface area contributed by atoms with E-state index >= 15 is 0 Å². The number of hydrogen-bond donors (Lipinski definition) is 1. The number of nitrogens with zero attached hydrogens (tertiary/aromatic N) is 2. The number of nitrogens with one attached hydrogen (secondary N) is 1. The lowest BCUT2D eigenvalue weighted by molar-refractivity contribution is 0.306. The molecule has 0 bridgehead atoms. The summed E-state index contributed by atoms with van der Waals surface area (Å²) in [6.45, 7) is 6.46. The van der Waals surface area contributed by atoms with Crippen LogP contribution < -0.4 is 5.32 Å². The van der Waals surface area contributed by atoms with Gasteiger partial charge in [0.2, 0.25) is 0 Å². The number of aryl methyl sites for hydroxylation is 1. The summed E-state index contributed by atoms with van der Waals surface area (Å²) >= 11 is 0. The minimum absolute atomic E-state index is 0.607. The maximum atomic E-state index is 4.98. The summed E-state index contributed by atoms with van der Waals surface area (Å²) in [5.74, 6) is 2.64. The Balaban J connectivity index is 1.87. The molecule has 0 radical (unpaired) electrons. The Hall–Kier alpha value is -0.960. The van der Waals surface area contributed by atoms with Crippen LogP contribution in [-0.2, 0) is 19.5 Å². The molecule has 0 aromatic carbocycles. The maximum absolute atomic E-state index is 4.98. The van der Waals surface area contributed by atoms with Crippen molar-refractivity contribution in [1.82, 2.24) is 15.3 Å². The molecule has 1 fully saturated rings. The number of fused-ring (bicyclic) bond motifs is 1. The molecule has 1 aliphatic carbocycles. The fraction of sp³-hybridized carbons (Fsp3) is 0.765. The van der Waals surface area contributed by atoms with E-state index in [4.69, 9.17) is 9.97 Å². The van der Waals surface area contributed by atoms with Crippen LogP contribution in [0.3, 0.4) is 0 Å². The van der Waals surface area contributed by atoms with E-state index in [2.05, 4.69) is 19.2 Å². The molecule has 2 aliphatic rings. The summed E-state index contributed by atoms with van der Waals surface area (Å²) in [6.07, 6.45) is 8.92. The second kappa shape index (κ2) is 6.21. The summed E-state index contributed by atoms with van der Waals surface area (Å²) in [6, 6.07) is 0. The average Bonchev–Trinajstić information content (AvgIpc) is 2.96. The van der Waals surface area contributed by atoms with Crippen molar-refractivity contribution in [2.24, 2.45) is 5.92 Å². The van der Waals surface area contributed by atoms with Crippen LogP contribution in [0.2, 0.25) is 0 Å². The molecule has 1 aliphatic heterocycles. The number of rotatable bonds is 4. The van der Waals surface area contributed by atoms with Gasteiger partial charge in [0, 0.05) is 30.3 Å². The van der Waals surface area contributed by atoms with Crippen LogP contribution in [0.1, 0.15) is 81.1 Å².